The van der Waals surface area contributed by atoms with E-state index in [1.54, 1.807) is 0 Å². The molecule has 0 saturated heterocycles. The van der Waals surface area contributed by atoms with Crippen LogP contribution in [0.4, 0.5) is 0 Å². The normalized spacial score (nSPS) is 13.3. The van der Waals surface area contributed by atoms with E-state index in [4.69, 9.17) is 4.98 Å². The van der Waals surface area contributed by atoms with Crippen molar-refractivity contribution < 1.29 is 0 Å². The summed E-state index contributed by atoms with van der Waals surface area (Å²) in [4.78, 5) is 5.40. The Morgan fingerprint density at radius 1 is 0.429 bits per heavy atom. The first-order valence-electron chi connectivity index (χ1n) is 19.4. The molecule has 3 heterocycles. The molecule has 56 heavy (non-hydrogen) atoms. The van der Waals surface area contributed by atoms with Gasteiger partial charge in [-0.2, -0.15) is 0 Å². The topological polar surface area (TPSA) is 27.7 Å². The third-order valence-electron chi connectivity index (χ3n) is 12.2. The molecule has 0 saturated carbocycles. The summed E-state index contributed by atoms with van der Waals surface area (Å²) in [5.74, 6) is 0.913. The van der Waals surface area contributed by atoms with Crippen molar-refractivity contribution >= 4 is 54.6 Å². The molecule has 0 unspecified atom stereocenters. The van der Waals surface area contributed by atoms with Crippen LogP contribution in [0.25, 0.3) is 94.2 Å². The van der Waals surface area contributed by atoms with Crippen LogP contribution in [0.15, 0.2) is 182 Å². The Labute approximate surface area is 324 Å². The number of nitrogens with zero attached hydrogens (tertiary/aromatic N) is 4. The zero-order chi connectivity index (χ0) is 37.1. The molecule has 0 spiro atoms. The molecule has 264 valence electrons. The minimum Gasteiger partial charge on any atom is -0.309 e. The molecule has 0 atom stereocenters. The van der Waals surface area contributed by atoms with Crippen LogP contribution in [0.1, 0.15) is 25.0 Å². The van der Waals surface area contributed by atoms with Crippen LogP contribution < -0.4 is 0 Å². The second-order valence-corrected chi connectivity index (χ2v) is 15.5. The van der Waals surface area contributed by atoms with Gasteiger partial charge in [0.25, 0.3) is 0 Å². The van der Waals surface area contributed by atoms with Crippen LogP contribution in [-0.4, -0.2) is 18.7 Å². The maximum absolute atomic E-state index is 5.40. The minimum absolute atomic E-state index is 0.258. The lowest BCUT2D eigenvalue weighted by Crippen LogP contribution is -2.15. The zero-order valence-electron chi connectivity index (χ0n) is 31.1. The number of benzene rings is 8. The number of hydrogen-bond acceptors (Lipinski definition) is 1. The van der Waals surface area contributed by atoms with E-state index in [9.17, 15) is 0 Å². The smallest absolute Gasteiger partial charge is 0.147 e. The van der Waals surface area contributed by atoms with Crippen molar-refractivity contribution in [2.75, 3.05) is 0 Å². The largest absolute Gasteiger partial charge is 0.309 e. The molecule has 1 aliphatic rings. The molecular formula is C52H36N4. The van der Waals surface area contributed by atoms with Gasteiger partial charge in [-0.3, -0.25) is 4.57 Å². The maximum atomic E-state index is 5.40. The van der Waals surface area contributed by atoms with Crippen molar-refractivity contribution in [1.29, 1.82) is 0 Å². The van der Waals surface area contributed by atoms with E-state index < -0.39 is 0 Å². The van der Waals surface area contributed by atoms with Gasteiger partial charge < -0.3 is 9.13 Å². The highest BCUT2D eigenvalue weighted by Gasteiger charge is 2.41. The lowest BCUT2D eigenvalue weighted by molar-refractivity contribution is 0.667. The molecule has 3 aromatic heterocycles. The predicted octanol–water partition coefficient (Wildman–Crippen LogP) is 13.2. The Bertz CT molecular complexity index is 3380. The first-order valence-corrected chi connectivity index (χ1v) is 19.4. The molecule has 0 N–H and O–H groups in total. The van der Waals surface area contributed by atoms with Crippen LogP contribution >= 0.6 is 0 Å². The molecule has 8 aromatic carbocycles. The fraction of sp³-hybridized carbons (Fsp3) is 0.0577. The van der Waals surface area contributed by atoms with Gasteiger partial charge in [0.05, 0.1) is 38.8 Å². The van der Waals surface area contributed by atoms with Gasteiger partial charge in [-0.05, 0) is 77.4 Å². The van der Waals surface area contributed by atoms with Gasteiger partial charge in [-0.15, -0.1) is 0 Å². The molecule has 11 aromatic rings. The van der Waals surface area contributed by atoms with E-state index in [-0.39, 0.29) is 5.41 Å². The molecule has 4 heteroatoms. The Morgan fingerprint density at radius 2 is 0.964 bits per heavy atom. The highest BCUT2D eigenvalue weighted by atomic mass is 15.1. The highest BCUT2D eigenvalue weighted by Crippen LogP contribution is 2.58. The van der Waals surface area contributed by atoms with Crippen molar-refractivity contribution in [2.45, 2.75) is 19.3 Å². The summed E-state index contributed by atoms with van der Waals surface area (Å²) in [6, 6.07) is 65.9. The quantitative estimate of drug-likeness (QED) is 0.178. The SMILES string of the molecule is CC1(C)c2ccccc2-c2c1c1c3ccccc3n(-c3ccccc3)c1c1c3ccccc3n(-c3ccccc3-c3nc4ccccc4n3-c3ccccc3)c21. The predicted molar refractivity (Wildman–Crippen MR) is 233 cm³/mol. The summed E-state index contributed by atoms with van der Waals surface area (Å²) >= 11 is 0. The van der Waals surface area contributed by atoms with Gasteiger partial charge in [0.15, 0.2) is 0 Å². The third-order valence-corrected chi connectivity index (χ3v) is 12.2. The van der Waals surface area contributed by atoms with Crippen molar-refractivity contribution in [3.05, 3.63) is 193 Å². The number of para-hydroxylation sites is 7. The number of fused-ring (bicyclic) bond motifs is 13. The van der Waals surface area contributed by atoms with Crippen LogP contribution in [0, 0.1) is 0 Å². The Hall–Kier alpha value is -7.17. The summed E-state index contributed by atoms with van der Waals surface area (Å²) in [6.07, 6.45) is 0. The molecular weight excluding hydrogens is 681 g/mol. The van der Waals surface area contributed by atoms with Gasteiger partial charge in [-0.25, -0.2) is 4.98 Å². The summed E-state index contributed by atoms with van der Waals surface area (Å²) in [5.41, 5.74) is 16.4. The molecule has 1 aliphatic carbocycles. The summed E-state index contributed by atoms with van der Waals surface area (Å²) in [6.45, 7) is 4.83. The highest BCUT2D eigenvalue weighted by molar-refractivity contribution is 6.31. The van der Waals surface area contributed by atoms with E-state index in [1.165, 1.54) is 65.9 Å². The van der Waals surface area contributed by atoms with Gasteiger partial charge in [0.1, 0.15) is 5.82 Å². The van der Waals surface area contributed by atoms with E-state index in [0.29, 0.717) is 0 Å². The van der Waals surface area contributed by atoms with E-state index in [0.717, 1.165) is 39.5 Å². The van der Waals surface area contributed by atoms with Gasteiger partial charge in [0, 0.05) is 49.5 Å². The number of rotatable bonds is 4. The summed E-state index contributed by atoms with van der Waals surface area (Å²) in [5, 5.41) is 5.09. The van der Waals surface area contributed by atoms with Crippen LogP contribution in [0.5, 0.6) is 0 Å². The average Bonchev–Trinajstić information content (AvgIpc) is 3.97. The Balaban J connectivity index is 1.33. The fourth-order valence-corrected chi connectivity index (χ4v) is 9.96. The molecule has 0 radical (unpaired) electrons. The van der Waals surface area contributed by atoms with Crippen LogP contribution in [0.3, 0.4) is 0 Å². The Morgan fingerprint density at radius 3 is 1.70 bits per heavy atom. The van der Waals surface area contributed by atoms with E-state index in [2.05, 4.69) is 210 Å². The standard InChI is InChI=1S/C52H36N4/c1-52(2)39-27-13-9-23-35(39)45-48(52)46-36-24-10-15-29-41(36)54(33-19-5-3-6-20-33)49(46)47-37-25-11-16-30-42(37)56(50(45)47)43-31-17-12-26-38(43)51-53-40-28-14-18-32-44(40)55(51)34-21-7-4-8-22-34/h3-32H,1-2H3. The monoisotopic (exact) mass is 716 g/mol. The fourth-order valence-electron chi connectivity index (χ4n) is 9.96. The maximum Gasteiger partial charge on any atom is 0.147 e. The molecule has 4 nitrogen and oxygen atoms in total. The van der Waals surface area contributed by atoms with E-state index in [1.807, 2.05) is 0 Å². The summed E-state index contributed by atoms with van der Waals surface area (Å²) < 4.78 is 7.39. The van der Waals surface area contributed by atoms with Crippen molar-refractivity contribution in [3.63, 3.8) is 0 Å². The lowest BCUT2D eigenvalue weighted by Gasteiger charge is -2.23. The first-order chi connectivity index (χ1) is 27.6. The minimum atomic E-state index is -0.258. The average molecular weight is 717 g/mol. The van der Waals surface area contributed by atoms with Gasteiger partial charge in [0.2, 0.25) is 0 Å². The first kappa shape index (κ1) is 31.2. The lowest BCUT2D eigenvalue weighted by atomic mass is 9.80. The Kier molecular flexibility index (Phi) is 6.37. The van der Waals surface area contributed by atoms with Crippen LogP contribution in [0.2, 0.25) is 0 Å². The van der Waals surface area contributed by atoms with Crippen molar-refractivity contribution in [3.8, 4) is 39.6 Å². The number of imidazole rings is 1. The van der Waals surface area contributed by atoms with E-state index >= 15 is 0 Å². The molecule has 0 fully saturated rings. The summed E-state index contributed by atoms with van der Waals surface area (Å²) in [7, 11) is 0. The van der Waals surface area contributed by atoms with Gasteiger partial charge in [-0.1, -0.05) is 135 Å². The third kappa shape index (κ3) is 4.05. The number of aromatic nitrogens is 4. The zero-order valence-corrected chi connectivity index (χ0v) is 31.1. The van der Waals surface area contributed by atoms with Crippen molar-refractivity contribution in [1.82, 2.24) is 18.7 Å². The van der Waals surface area contributed by atoms with Gasteiger partial charge >= 0.3 is 0 Å². The molecule has 0 aliphatic heterocycles. The second kappa shape index (κ2) is 11.4. The number of hydrogen-bond donors (Lipinski definition) is 0. The van der Waals surface area contributed by atoms with Crippen LogP contribution in [-0.2, 0) is 5.41 Å². The molecule has 0 bridgehead atoms. The van der Waals surface area contributed by atoms with Crippen molar-refractivity contribution in [2.24, 2.45) is 0 Å². The molecule has 0 amide bonds. The molecule has 12 rings (SSSR count). The second-order valence-electron chi connectivity index (χ2n) is 15.5.